The van der Waals surface area contributed by atoms with Crippen LogP contribution in [0.25, 0.3) is 0 Å². The van der Waals surface area contributed by atoms with Crippen LogP contribution >= 0.6 is 0 Å². The zero-order chi connectivity index (χ0) is 17.9. The number of methoxy groups -OCH3 is 1. The van der Waals surface area contributed by atoms with Gasteiger partial charge in [-0.3, -0.25) is 9.69 Å². The van der Waals surface area contributed by atoms with E-state index in [0.29, 0.717) is 24.4 Å². The number of aryl methyl sites for hydroxylation is 1. The molecule has 1 aromatic carbocycles. The molecule has 1 aromatic rings. The fraction of sp³-hybridized carbons (Fsp3) is 0.588. The van der Waals surface area contributed by atoms with Gasteiger partial charge in [-0.2, -0.15) is 13.2 Å². The second-order valence-corrected chi connectivity index (χ2v) is 6.24. The summed E-state index contributed by atoms with van der Waals surface area (Å²) in [6, 6.07) is 4.74. The molecule has 7 heteroatoms. The Bertz CT molecular complexity index is 590. The highest BCUT2D eigenvalue weighted by Crippen LogP contribution is 2.34. The first kappa shape index (κ1) is 18.6. The number of rotatable bonds is 4. The lowest BCUT2D eigenvalue weighted by atomic mass is 9.96. The number of carbonyl (C=O) groups excluding carboxylic acids is 1. The molecule has 0 unspecified atom stereocenters. The number of anilines is 1. The van der Waals surface area contributed by atoms with Crippen molar-refractivity contribution in [2.45, 2.75) is 38.9 Å². The third-order valence-electron chi connectivity index (χ3n) is 4.46. The first-order valence-electron chi connectivity index (χ1n) is 7.98. The molecular formula is C17H23F3N2O2. The Morgan fingerprint density at radius 1 is 1.42 bits per heavy atom. The van der Waals surface area contributed by atoms with Gasteiger partial charge in [0.1, 0.15) is 5.75 Å². The number of amides is 1. The van der Waals surface area contributed by atoms with Crippen molar-refractivity contribution in [3.05, 3.63) is 23.8 Å². The number of likely N-dealkylation sites (tertiary alicyclic amines) is 1. The van der Waals surface area contributed by atoms with Crippen LogP contribution in [-0.2, 0) is 4.79 Å². The number of nitrogens with one attached hydrogen (secondary N) is 1. The monoisotopic (exact) mass is 344 g/mol. The first-order chi connectivity index (χ1) is 11.2. The average Bonchev–Trinajstić information content (AvgIpc) is 2.53. The predicted octanol–water partition coefficient (Wildman–Crippen LogP) is 3.60. The number of hydrogen-bond donors (Lipinski definition) is 1. The number of piperidine rings is 1. The van der Waals surface area contributed by atoms with E-state index in [9.17, 15) is 18.0 Å². The van der Waals surface area contributed by atoms with Gasteiger partial charge in [0.25, 0.3) is 0 Å². The van der Waals surface area contributed by atoms with Crippen LogP contribution in [0.2, 0.25) is 0 Å². The van der Waals surface area contributed by atoms with Crippen LogP contribution in [0.1, 0.15) is 25.3 Å². The molecule has 134 valence electrons. The van der Waals surface area contributed by atoms with Crippen LogP contribution in [0.15, 0.2) is 18.2 Å². The Morgan fingerprint density at radius 2 is 2.12 bits per heavy atom. The topological polar surface area (TPSA) is 41.6 Å². The quantitative estimate of drug-likeness (QED) is 0.907. The highest BCUT2D eigenvalue weighted by molar-refractivity contribution is 5.95. The summed E-state index contributed by atoms with van der Waals surface area (Å²) in [5.74, 6) is -1.18. The summed E-state index contributed by atoms with van der Waals surface area (Å²) < 4.78 is 44.0. The lowest BCUT2D eigenvalue weighted by molar-refractivity contribution is -0.188. The molecule has 1 amide bonds. The normalized spacial score (nSPS) is 20.5. The van der Waals surface area contributed by atoms with Crippen molar-refractivity contribution in [3.8, 4) is 5.75 Å². The molecule has 0 bridgehead atoms. The fourth-order valence-corrected chi connectivity index (χ4v) is 2.95. The van der Waals surface area contributed by atoms with Crippen LogP contribution in [0.4, 0.5) is 18.9 Å². The molecule has 4 nitrogen and oxygen atoms in total. The molecule has 1 fully saturated rings. The summed E-state index contributed by atoms with van der Waals surface area (Å²) in [5.41, 5.74) is 1.48. The summed E-state index contributed by atoms with van der Waals surface area (Å²) in [4.78, 5) is 14.1. The fourth-order valence-electron chi connectivity index (χ4n) is 2.95. The number of nitrogens with zero attached hydrogens (tertiary/aromatic N) is 1. The number of halogens is 3. The molecule has 24 heavy (non-hydrogen) atoms. The van der Waals surface area contributed by atoms with E-state index in [1.54, 1.807) is 24.0 Å². The van der Waals surface area contributed by atoms with Crippen molar-refractivity contribution < 1.29 is 22.7 Å². The predicted molar refractivity (Wildman–Crippen MR) is 86.2 cm³/mol. The first-order valence-corrected chi connectivity index (χ1v) is 7.98. The van der Waals surface area contributed by atoms with Crippen LogP contribution < -0.4 is 10.1 Å². The summed E-state index contributed by atoms with van der Waals surface area (Å²) in [7, 11) is 1.50. The van der Waals surface area contributed by atoms with Gasteiger partial charge in [0, 0.05) is 6.54 Å². The van der Waals surface area contributed by atoms with Gasteiger partial charge < -0.3 is 10.1 Å². The van der Waals surface area contributed by atoms with E-state index < -0.39 is 18.1 Å². The van der Waals surface area contributed by atoms with Crippen molar-refractivity contribution in [1.29, 1.82) is 0 Å². The SMILES string of the molecule is COc1ccc(C)cc1NC(=O)[C@H](C)N1CCC[C@@H](C(F)(F)F)C1. The zero-order valence-electron chi connectivity index (χ0n) is 14.1. The van der Waals surface area contributed by atoms with Gasteiger partial charge in [0.2, 0.25) is 5.91 Å². The van der Waals surface area contributed by atoms with Crippen LogP contribution in [0.3, 0.4) is 0 Å². The minimum atomic E-state index is -4.21. The number of ether oxygens (including phenoxy) is 1. The number of carbonyl (C=O) groups is 1. The van der Waals surface area contributed by atoms with Gasteiger partial charge in [-0.05, 0) is 50.9 Å². The van der Waals surface area contributed by atoms with Crippen molar-refractivity contribution in [2.75, 3.05) is 25.5 Å². The summed E-state index contributed by atoms with van der Waals surface area (Å²) in [6.45, 7) is 3.88. The average molecular weight is 344 g/mol. The maximum Gasteiger partial charge on any atom is 0.393 e. The molecule has 1 heterocycles. The second kappa shape index (κ2) is 7.42. The largest absolute Gasteiger partial charge is 0.495 e. The molecule has 0 spiro atoms. The summed E-state index contributed by atoms with van der Waals surface area (Å²) in [5, 5.41) is 2.77. The molecule has 1 aliphatic rings. The van der Waals surface area contributed by atoms with Crippen LogP contribution in [0.5, 0.6) is 5.75 Å². The lowest BCUT2D eigenvalue weighted by Gasteiger charge is -2.36. The van der Waals surface area contributed by atoms with Crippen molar-refractivity contribution in [3.63, 3.8) is 0 Å². The van der Waals surface area contributed by atoms with Crippen molar-refractivity contribution in [2.24, 2.45) is 5.92 Å². The Balaban J connectivity index is 2.06. The lowest BCUT2D eigenvalue weighted by Crippen LogP contribution is -2.49. The summed E-state index contributed by atoms with van der Waals surface area (Å²) in [6.07, 6.45) is -3.65. The smallest absolute Gasteiger partial charge is 0.393 e. The van der Waals surface area contributed by atoms with E-state index in [-0.39, 0.29) is 18.9 Å². The number of benzene rings is 1. The second-order valence-electron chi connectivity index (χ2n) is 6.24. The standard InChI is InChI=1S/C17H23F3N2O2/c1-11-6-7-15(24-3)14(9-11)21-16(23)12(2)22-8-4-5-13(10-22)17(18,19)20/h6-7,9,12-13H,4-5,8,10H2,1-3H3,(H,21,23)/t12-,13+/m0/s1. The number of alkyl halides is 3. The van der Waals surface area contributed by atoms with Crippen molar-refractivity contribution in [1.82, 2.24) is 4.90 Å². The Morgan fingerprint density at radius 3 is 2.75 bits per heavy atom. The molecule has 1 aliphatic heterocycles. The third-order valence-corrected chi connectivity index (χ3v) is 4.46. The Hall–Kier alpha value is -1.76. The van der Waals surface area contributed by atoms with Crippen LogP contribution in [0, 0.1) is 12.8 Å². The number of hydrogen-bond acceptors (Lipinski definition) is 3. The van der Waals surface area contributed by atoms with Gasteiger partial charge in [0.05, 0.1) is 24.8 Å². The third kappa shape index (κ3) is 4.41. The Labute approximate surface area is 140 Å². The molecule has 2 rings (SSSR count). The highest BCUT2D eigenvalue weighted by atomic mass is 19.4. The zero-order valence-corrected chi connectivity index (χ0v) is 14.1. The molecule has 0 aliphatic carbocycles. The van der Waals surface area contributed by atoms with Gasteiger partial charge in [-0.25, -0.2) is 0 Å². The van der Waals surface area contributed by atoms with Crippen molar-refractivity contribution >= 4 is 11.6 Å². The molecule has 1 saturated heterocycles. The maximum atomic E-state index is 12.9. The minimum Gasteiger partial charge on any atom is -0.495 e. The van der Waals surface area contributed by atoms with Gasteiger partial charge >= 0.3 is 6.18 Å². The van der Waals surface area contributed by atoms with Gasteiger partial charge in [0.15, 0.2) is 0 Å². The van der Waals surface area contributed by atoms with E-state index in [4.69, 9.17) is 4.74 Å². The molecule has 1 N–H and O–H groups in total. The van der Waals surface area contributed by atoms with Crippen LogP contribution in [-0.4, -0.2) is 43.2 Å². The van der Waals surface area contributed by atoms with E-state index in [0.717, 1.165) is 5.56 Å². The van der Waals surface area contributed by atoms with E-state index in [1.165, 1.54) is 7.11 Å². The van der Waals surface area contributed by atoms with Gasteiger partial charge in [-0.1, -0.05) is 6.07 Å². The molecular weight excluding hydrogens is 321 g/mol. The van der Waals surface area contributed by atoms with E-state index in [2.05, 4.69) is 5.32 Å². The maximum absolute atomic E-state index is 12.9. The molecule has 0 radical (unpaired) electrons. The Kier molecular flexibility index (Phi) is 5.74. The molecule has 0 saturated carbocycles. The minimum absolute atomic E-state index is 0.125. The van der Waals surface area contributed by atoms with E-state index in [1.807, 2.05) is 13.0 Å². The molecule has 2 atom stereocenters. The van der Waals surface area contributed by atoms with Gasteiger partial charge in [-0.15, -0.1) is 0 Å². The molecule has 0 aromatic heterocycles. The highest BCUT2D eigenvalue weighted by Gasteiger charge is 2.43. The van der Waals surface area contributed by atoms with E-state index >= 15 is 0 Å². The summed E-state index contributed by atoms with van der Waals surface area (Å²) >= 11 is 0.